The summed E-state index contributed by atoms with van der Waals surface area (Å²) in [6, 6.07) is 13.0. The number of methoxy groups -OCH3 is 1. The summed E-state index contributed by atoms with van der Waals surface area (Å²) in [5, 5.41) is 8.12. The number of carbonyl (C=O) groups is 5. The maximum atomic E-state index is 13.1. The number of aromatic nitrogens is 3. The van der Waals surface area contributed by atoms with Crippen molar-refractivity contribution < 1.29 is 28.7 Å². The van der Waals surface area contributed by atoms with Crippen LogP contribution in [0.25, 0.3) is 32.6 Å². The fourth-order valence-electron chi connectivity index (χ4n) is 5.70. The van der Waals surface area contributed by atoms with E-state index < -0.39 is 12.1 Å². The van der Waals surface area contributed by atoms with Crippen LogP contribution in [-0.4, -0.2) is 94.3 Å². The Bertz CT molecular complexity index is 1790. The number of anilines is 1. The van der Waals surface area contributed by atoms with Gasteiger partial charge >= 0.3 is 6.09 Å². The lowest BCUT2D eigenvalue weighted by Gasteiger charge is -2.27. The first-order valence-corrected chi connectivity index (χ1v) is 16.5. The summed E-state index contributed by atoms with van der Waals surface area (Å²) in [5.74, 6) is -0.186. The first-order valence-electron chi connectivity index (χ1n) is 15.7. The van der Waals surface area contributed by atoms with Crippen LogP contribution in [-0.2, 0) is 23.9 Å². The zero-order chi connectivity index (χ0) is 34.2. The highest BCUT2D eigenvalue weighted by Gasteiger charge is 2.34. The number of ether oxygens (including phenoxy) is 1. The smallest absolute Gasteiger partial charge is 0.407 e. The van der Waals surface area contributed by atoms with Gasteiger partial charge in [-0.05, 0) is 55.0 Å². The van der Waals surface area contributed by atoms with Gasteiger partial charge in [0.25, 0.3) is 0 Å². The van der Waals surface area contributed by atoms with Gasteiger partial charge in [0.2, 0.25) is 24.1 Å². The molecule has 1 unspecified atom stereocenters. The standard InChI is InChI=1S/C33H38N8O6S/c1-4-13-40(28(43)17-34-19-42)20(2)30-35-16-25(37-30)22-9-7-21(8-10-22)23-11-12-24-27(15-23)48-32(38-24)39-31(45)26-6-5-14-41(26)29(44)18-36-33(46)47-3/h7-12,15-16,19-20,26H,4-6,13-14,17-18H2,1-3H3,(H,34,42)(H,35,37)(H,36,46)(H,38,39,45)/t20?,26-/m0/s1. The van der Waals surface area contributed by atoms with Crippen LogP contribution in [0.5, 0.6) is 0 Å². The highest BCUT2D eigenvalue weighted by atomic mass is 32.1. The second-order valence-corrected chi connectivity index (χ2v) is 12.3. The van der Waals surface area contributed by atoms with Crippen LogP contribution in [0, 0.1) is 0 Å². The number of hydrogen-bond acceptors (Lipinski definition) is 9. The predicted molar refractivity (Wildman–Crippen MR) is 181 cm³/mol. The van der Waals surface area contributed by atoms with Gasteiger partial charge in [-0.2, -0.15) is 0 Å². The first-order chi connectivity index (χ1) is 23.2. The van der Waals surface area contributed by atoms with Crippen LogP contribution in [0.4, 0.5) is 9.93 Å². The normalized spacial score (nSPS) is 14.7. The van der Waals surface area contributed by atoms with E-state index in [0.29, 0.717) is 43.3 Å². The summed E-state index contributed by atoms with van der Waals surface area (Å²) in [7, 11) is 1.22. The second-order valence-electron chi connectivity index (χ2n) is 11.3. The Morgan fingerprint density at radius 1 is 1.12 bits per heavy atom. The van der Waals surface area contributed by atoms with Crippen molar-refractivity contribution in [2.24, 2.45) is 0 Å². The number of hydrogen-bond donors (Lipinski definition) is 4. The summed E-state index contributed by atoms with van der Waals surface area (Å²) >= 11 is 1.35. The van der Waals surface area contributed by atoms with E-state index in [0.717, 1.165) is 39.0 Å². The zero-order valence-corrected chi connectivity index (χ0v) is 27.8. The third-order valence-corrected chi connectivity index (χ3v) is 9.11. The number of carbonyl (C=O) groups excluding carboxylic acids is 5. The van der Waals surface area contributed by atoms with E-state index >= 15 is 0 Å². The van der Waals surface area contributed by atoms with Gasteiger partial charge in [-0.25, -0.2) is 14.8 Å². The van der Waals surface area contributed by atoms with E-state index in [-0.39, 0.29) is 36.9 Å². The van der Waals surface area contributed by atoms with Gasteiger partial charge in [-0.1, -0.05) is 48.6 Å². The molecule has 0 aliphatic carbocycles. The summed E-state index contributed by atoms with van der Waals surface area (Å²) in [6.45, 7) is 4.57. The Morgan fingerprint density at radius 3 is 2.60 bits per heavy atom. The quantitative estimate of drug-likeness (QED) is 0.155. The number of amides is 5. The molecular formula is C33H38N8O6S. The van der Waals surface area contributed by atoms with E-state index in [4.69, 9.17) is 0 Å². The molecule has 4 aromatic rings. The van der Waals surface area contributed by atoms with Crippen LogP contribution in [0.2, 0.25) is 0 Å². The molecule has 2 atom stereocenters. The molecule has 2 aromatic carbocycles. The molecule has 0 bridgehead atoms. The van der Waals surface area contributed by atoms with E-state index in [1.54, 1.807) is 11.1 Å². The molecule has 1 saturated heterocycles. The molecule has 1 fully saturated rings. The minimum Gasteiger partial charge on any atom is -0.453 e. The van der Waals surface area contributed by atoms with Gasteiger partial charge in [-0.3, -0.25) is 19.2 Å². The molecule has 5 rings (SSSR count). The highest BCUT2D eigenvalue weighted by molar-refractivity contribution is 7.22. The minimum atomic E-state index is -0.707. The Balaban J connectivity index is 1.24. The highest BCUT2D eigenvalue weighted by Crippen LogP contribution is 2.32. The molecular weight excluding hydrogens is 636 g/mol. The zero-order valence-electron chi connectivity index (χ0n) is 26.9. The average Bonchev–Trinajstić information content (AvgIpc) is 3.88. The predicted octanol–water partition coefficient (Wildman–Crippen LogP) is 3.68. The Kier molecular flexibility index (Phi) is 11.0. The van der Waals surface area contributed by atoms with Crippen molar-refractivity contribution in [3.63, 3.8) is 0 Å². The summed E-state index contributed by atoms with van der Waals surface area (Å²) < 4.78 is 5.41. The molecule has 14 nitrogen and oxygen atoms in total. The number of rotatable bonds is 13. The number of fused-ring (bicyclic) bond motifs is 1. The fourth-order valence-corrected chi connectivity index (χ4v) is 6.60. The number of thiazole rings is 1. The third kappa shape index (κ3) is 7.79. The number of likely N-dealkylation sites (tertiary alicyclic amines) is 1. The number of imidazole rings is 1. The Morgan fingerprint density at radius 2 is 1.88 bits per heavy atom. The van der Waals surface area contributed by atoms with E-state index in [9.17, 15) is 24.0 Å². The number of nitrogens with one attached hydrogen (secondary N) is 4. The third-order valence-electron chi connectivity index (χ3n) is 8.17. The molecule has 4 N–H and O–H groups in total. The van der Waals surface area contributed by atoms with Gasteiger partial charge in [0.15, 0.2) is 5.13 Å². The van der Waals surface area contributed by atoms with Crippen molar-refractivity contribution in [2.75, 3.05) is 38.6 Å². The van der Waals surface area contributed by atoms with Gasteiger partial charge in [0.05, 0.1) is 41.8 Å². The van der Waals surface area contributed by atoms with E-state index in [2.05, 4.69) is 35.6 Å². The van der Waals surface area contributed by atoms with Crippen LogP contribution >= 0.6 is 11.3 Å². The van der Waals surface area contributed by atoms with Crippen LogP contribution in [0.15, 0.2) is 48.7 Å². The molecule has 252 valence electrons. The molecule has 1 aliphatic heterocycles. The molecule has 0 spiro atoms. The molecule has 0 radical (unpaired) electrons. The molecule has 2 aromatic heterocycles. The Labute approximate surface area is 281 Å². The molecule has 48 heavy (non-hydrogen) atoms. The fraction of sp³-hybridized carbons (Fsp3) is 0.364. The maximum Gasteiger partial charge on any atom is 0.407 e. The average molecular weight is 675 g/mol. The topological polar surface area (TPSA) is 179 Å². The minimum absolute atomic E-state index is 0.0630. The number of aromatic amines is 1. The van der Waals surface area contributed by atoms with Gasteiger partial charge in [0, 0.05) is 13.1 Å². The van der Waals surface area contributed by atoms with Gasteiger partial charge in [0.1, 0.15) is 18.4 Å². The lowest BCUT2D eigenvalue weighted by atomic mass is 10.0. The van der Waals surface area contributed by atoms with Gasteiger partial charge < -0.3 is 35.5 Å². The van der Waals surface area contributed by atoms with Crippen LogP contribution < -0.4 is 16.0 Å². The summed E-state index contributed by atoms with van der Waals surface area (Å²) in [5.41, 5.74) is 4.48. The van der Waals surface area contributed by atoms with Crippen LogP contribution in [0.1, 0.15) is 45.0 Å². The lowest BCUT2D eigenvalue weighted by Crippen LogP contribution is -2.47. The van der Waals surface area contributed by atoms with Crippen LogP contribution in [0.3, 0.4) is 0 Å². The number of nitrogens with zero attached hydrogens (tertiary/aromatic N) is 4. The Hall–Kier alpha value is -5.31. The van der Waals surface area contributed by atoms with Crippen molar-refractivity contribution in [3.8, 4) is 22.4 Å². The lowest BCUT2D eigenvalue weighted by molar-refractivity contribution is -0.135. The van der Waals surface area contributed by atoms with E-state index in [1.165, 1.54) is 23.3 Å². The van der Waals surface area contributed by atoms with E-state index in [1.807, 2.05) is 56.3 Å². The summed E-state index contributed by atoms with van der Waals surface area (Å²) in [6.07, 6.45) is 3.54. The maximum absolute atomic E-state index is 13.1. The molecule has 0 saturated carbocycles. The molecule has 15 heteroatoms. The molecule has 5 amide bonds. The number of benzene rings is 2. The number of alkyl carbamates (subject to hydrolysis) is 1. The summed E-state index contributed by atoms with van der Waals surface area (Å²) in [4.78, 5) is 76.0. The van der Waals surface area contributed by atoms with Crippen molar-refractivity contribution in [1.29, 1.82) is 0 Å². The van der Waals surface area contributed by atoms with Crippen molar-refractivity contribution in [3.05, 3.63) is 54.5 Å². The molecule has 3 heterocycles. The first kappa shape index (κ1) is 34.0. The second kappa shape index (κ2) is 15.5. The monoisotopic (exact) mass is 674 g/mol. The largest absolute Gasteiger partial charge is 0.453 e. The van der Waals surface area contributed by atoms with Crippen molar-refractivity contribution in [1.82, 2.24) is 35.4 Å². The van der Waals surface area contributed by atoms with Gasteiger partial charge in [-0.15, -0.1) is 0 Å². The SMILES string of the molecule is CCCN(C(=O)CNC=O)C(C)c1ncc(-c2ccc(-c3ccc4nc(NC(=O)[C@@H]5CCCN5C(=O)CNC(=O)OC)sc4c3)cc2)[nH]1. The van der Waals surface area contributed by atoms with Crippen molar-refractivity contribution in [2.45, 2.75) is 45.2 Å². The van der Waals surface area contributed by atoms with Crippen molar-refractivity contribution >= 4 is 56.9 Å². The number of H-pyrrole nitrogens is 1. The molecule has 1 aliphatic rings.